The van der Waals surface area contributed by atoms with E-state index in [0.29, 0.717) is 6.42 Å². The van der Waals surface area contributed by atoms with Crippen molar-refractivity contribution in [3.8, 4) is 5.75 Å². The maximum atomic E-state index is 10.7. The van der Waals surface area contributed by atoms with Crippen LogP contribution in [0.2, 0.25) is 0 Å². The molecule has 3 unspecified atom stereocenters. The van der Waals surface area contributed by atoms with Gasteiger partial charge in [-0.05, 0) is 50.2 Å². The number of carbonyl (C=O) groups is 1. The molecule has 1 N–H and O–H groups in total. The third-order valence-corrected chi connectivity index (χ3v) is 6.18. The standard InChI is InChI=1S/C23H30O5/c24-12-6-10-17-19(25)15-20-22(17)18-9-5-8-16(23(18)28-20)7-1-3-13-26-21-11-2-4-14-27-21/h5-6,8-10,12,17,19-22,25H,1-4,7,11,13-15H2/t17?,19?,20-,21?,22-/m1/s1. The van der Waals surface area contributed by atoms with Crippen LogP contribution < -0.4 is 4.74 Å². The lowest BCUT2D eigenvalue weighted by atomic mass is 9.86. The van der Waals surface area contributed by atoms with E-state index in [-0.39, 0.29) is 24.2 Å². The molecule has 0 aromatic heterocycles. The van der Waals surface area contributed by atoms with Gasteiger partial charge in [-0.25, -0.2) is 0 Å². The summed E-state index contributed by atoms with van der Waals surface area (Å²) in [5, 5.41) is 10.4. The molecule has 152 valence electrons. The number of hydrogen-bond acceptors (Lipinski definition) is 5. The number of fused-ring (bicyclic) bond motifs is 3. The van der Waals surface area contributed by atoms with Crippen molar-refractivity contribution in [2.24, 2.45) is 5.92 Å². The van der Waals surface area contributed by atoms with Crippen LogP contribution in [0.1, 0.15) is 55.6 Å². The molecular weight excluding hydrogens is 356 g/mol. The molecule has 2 fully saturated rings. The van der Waals surface area contributed by atoms with Crippen molar-refractivity contribution in [3.63, 3.8) is 0 Å². The van der Waals surface area contributed by atoms with Gasteiger partial charge in [0.2, 0.25) is 0 Å². The van der Waals surface area contributed by atoms with Gasteiger partial charge >= 0.3 is 0 Å². The molecule has 2 aliphatic heterocycles. The summed E-state index contributed by atoms with van der Waals surface area (Å²) in [5.74, 6) is 1.06. The molecule has 4 rings (SSSR count). The van der Waals surface area contributed by atoms with Gasteiger partial charge in [0.05, 0.1) is 6.10 Å². The lowest BCUT2D eigenvalue weighted by Gasteiger charge is -2.22. The second kappa shape index (κ2) is 9.21. The van der Waals surface area contributed by atoms with Gasteiger partial charge in [0.15, 0.2) is 6.29 Å². The zero-order valence-electron chi connectivity index (χ0n) is 16.3. The third-order valence-electron chi connectivity index (χ3n) is 6.18. The molecule has 0 radical (unpaired) electrons. The Labute approximate surface area is 166 Å². The van der Waals surface area contributed by atoms with E-state index in [0.717, 1.165) is 57.4 Å². The molecule has 1 aliphatic carbocycles. The minimum Gasteiger partial charge on any atom is -0.489 e. The first-order valence-corrected chi connectivity index (χ1v) is 10.6. The van der Waals surface area contributed by atoms with Crippen molar-refractivity contribution in [3.05, 3.63) is 41.5 Å². The summed E-state index contributed by atoms with van der Waals surface area (Å²) in [7, 11) is 0. The third kappa shape index (κ3) is 4.17. The number of aliphatic hydroxyl groups is 1. The molecule has 1 saturated heterocycles. The zero-order chi connectivity index (χ0) is 19.3. The predicted molar refractivity (Wildman–Crippen MR) is 105 cm³/mol. The molecule has 0 bridgehead atoms. The zero-order valence-corrected chi connectivity index (χ0v) is 16.3. The summed E-state index contributed by atoms with van der Waals surface area (Å²) >= 11 is 0. The van der Waals surface area contributed by atoms with Gasteiger partial charge in [0.1, 0.15) is 18.1 Å². The summed E-state index contributed by atoms with van der Waals surface area (Å²) < 4.78 is 17.7. The number of carbonyl (C=O) groups excluding carboxylic acids is 1. The Morgan fingerprint density at radius 2 is 2.18 bits per heavy atom. The molecule has 1 aromatic rings. The number of rotatable bonds is 8. The fourth-order valence-electron chi connectivity index (χ4n) is 4.81. The number of para-hydroxylation sites is 1. The Balaban J connectivity index is 1.33. The van der Waals surface area contributed by atoms with Crippen LogP contribution in [-0.4, -0.2) is 43.1 Å². The summed E-state index contributed by atoms with van der Waals surface area (Å²) in [4.78, 5) is 10.7. The molecule has 0 amide bonds. The largest absolute Gasteiger partial charge is 0.489 e. The Bertz CT molecular complexity index is 694. The smallest absolute Gasteiger partial charge is 0.157 e. The number of aryl methyl sites for hydroxylation is 1. The maximum Gasteiger partial charge on any atom is 0.157 e. The molecule has 0 spiro atoms. The molecule has 1 aromatic carbocycles. The number of unbranched alkanes of at least 4 members (excludes halogenated alkanes) is 1. The van der Waals surface area contributed by atoms with Crippen molar-refractivity contribution in [1.82, 2.24) is 0 Å². The van der Waals surface area contributed by atoms with E-state index < -0.39 is 6.10 Å². The quantitative estimate of drug-likeness (QED) is 0.421. The van der Waals surface area contributed by atoms with Gasteiger partial charge in [0.25, 0.3) is 0 Å². The minimum absolute atomic E-state index is 0.000708. The molecule has 3 aliphatic rings. The normalized spacial score (nSPS) is 31.5. The first-order valence-electron chi connectivity index (χ1n) is 10.6. The lowest BCUT2D eigenvalue weighted by Crippen LogP contribution is -2.22. The molecule has 5 atom stereocenters. The fourth-order valence-corrected chi connectivity index (χ4v) is 4.81. The average Bonchev–Trinajstić information content (AvgIpc) is 3.22. The SMILES string of the molecule is O=CC=CC1C(O)C[C@H]2Oc3c(CCCCOC4CCCCO4)cccc3[C@@H]12. The topological polar surface area (TPSA) is 65.0 Å². The van der Waals surface area contributed by atoms with Gasteiger partial charge in [-0.15, -0.1) is 0 Å². The van der Waals surface area contributed by atoms with Gasteiger partial charge in [-0.1, -0.05) is 24.3 Å². The van der Waals surface area contributed by atoms with E-state index in [2.05, 4.69) is 18.2 Å². The van der Waals surface area contributed by atoms with Gasteiger partial charge < -0.3 is 19.3 Å². The van der Waals surface area contributed by atoms with Crippen molar-refractivity contribution >= 4 is 6.29 Å². The van der Waals surface area contributed by atoms with Crippen molar-refractivity contribution in [2.45, 2.75) is 69.4 Å². The van der Waals surface area contributed by atoms with Crippen molar-refractivity contribution in [2.75, 3.05) is 13.2 Å². The Morgan fingerprint density at radius 1 is 1.25 bits per heavy atom. The highest BCUT2D eigenvalue weighted by Gasteiger charge is 2.48. The van der Waals surface area contributed by atoms with Crippen molar-refractivity contribution in [1.29, 1.82) is 0 Å². The lowest BCUT2D eigenvalue weighted by molar-refractivity contribution is -0.162. The number of ether oxygens (including phenoxy) is 3. The van der Waals surface area contributed by atoms with E-state index in [9.17, 15) is 9.90 Å². The highest BCUT2D eigenvalue weighted by Crippen LogP contribution is 2.51. The van der Waals surface area contributed by atoms with Crippen LogP contribution in [0, 0.1) is 5.92 Å². The van der Waals surface area contributed by atoms with E-state index in [1.807, 2.05) is 6.08 Å². The first-order chi connectivity index (χ1) is 13.8. The maximum absolute atomic E-state index is 10.7. The second-order valence-electron chi connectivity index (χ2n) is 8.04. The molecule has 5 nitrogen and oxygen atoms in total. The van der Waals surface area contributed by atoms with E-state index in [4.69, 9.17) is 14.2 Å². The number of aliphatic hydroxyl groups excluding tert-OH is 1. The number of hydrogen-bond donors (Lipinski definition) is 1. The summed E-state index contributed by atoms with van der Waals surface area (Å²) in [6.45, 7) is 1.55. The number of aldehydes is 1. The van der Waals surface area contributed by atoms with Gasteiger partial charge in [0, 0.05) is 37.0 Å². The highest BCUT2D eigenvalue weighted by atomic mass is 16.7. The van der Waals surface area contributed by atoms with Crippen LogP contribution in [0.15, 0.2) is 30.4 Å². The van der Waals surface area contributed by atoms with Crippen LogP contribution >= 0.6 is 0 Å². The Kier molecular flexibility index (Phi) is 6.45. The Hall–Kier alpha value is -1.69. The fraction of sp³-hybridized carbons (Fsp3) is 0.609. The van der Waals surface area contributed by atoms with E-state index in [1.54, 1.807) is 0 Å². The van der Waals surface area contributed by atoms with Crippen LogP contribution in [0.5, 0.6) is 5.75 Å². The van der Waals surface area contributed by atoms with Crippen LogP contribution in [0.4, 0.5) is 0 Å². The van der Waals surface area contributed by atoms with Gasteiger partial charge in [-0.2, -0.15) is 0 Å². The average molecular weight is 386 g/mol. The highest BCUT2D eigenvalue weighted by molar-refractivity contribution is 5.65. The van der Waals surface area contributed by atoms with Crippen LogP contribution in [0.25, 0.3) is 0 Å². The number of allylic oxidation sites excluding steroid dienone is 1. The van der Waals surface area contributed by atoms with E-state index in [1.165, 1.54) is 23.6 Å². The first kappa shape index (κ1) is 19.6. The van der Waals surface area contributed by atoms with Crippen LogP contribution in [0.3, 0.4) is 0 Å². The molecule has 2 heterocycles. The number of benzene rings is 1. The van der Waals surface area contributed by atoms with Crippen LogP contribution in [-0.2, 0) is 20.7 Å². The molecule has 1 saturated carbocycles. The summed E-state index contributed by atoms with van der Waals surface area (Å²) in [5.41, 5.74) is 2.40. The van der Waals surface area contributed by atoms with Gasteiger partial charge in [-0.3, -0.25) is 4.79 Å². The summed E-state index contributed by atoms with van der Waals surface area (Å²) in [6.07, 6.45) is 10.6. The molecule has 5 heteroatoms. The molecule has 28 heavy (non-hydrogen) atoms. The second-order valence-corrected chi connectivity index (χ2v) is 8.04. The monoisotopic (exact) mass is 386 g/mol. The van der Waals surface area contributed by atoms with Crippen molar-refractivity contribution < 1.29 is 24.1 Å². The minimum atomic E-state index is -0.456. The molecular formula is C23H30O5. The summed E-state index contributed by atoms with van der Waals surface area (Å²) in [6, 6.07) is 6.32. The van der Waals surface area contributed by atoms with E-state index >= 15 is 0 Å². The predicted octanol–water partition coefficient (Wildman–Crippen LogP) is 3.53. The Morgan fingerprint density at radius 3 is 3.00 bits per heavy atom.